The lowest BCUT2D eigenvalue weighted by atomic mass is 9.85. The van der Waals surface area contributed by atoms with Crippen LogP contribution in [0.25, 0.3) is 0 Å². The third-order valence-electron chi connectivity index (χ3n) is 1.85. The van der Waals surface area contributed by atoms with Gasteiger partial charge < -0.3 is 14.4 Å². The number of hydrogen-bond donors (Lipinski definition) is 1. The Kier molecular flexibility index (Phi) is 3.77. The second-order valence-corrected chi connectivity index (χ2v) is 4.37. The van der Waals surface area contributed by atoms with E-state index in [1.54, 1.807) is 32.9 Å². The van der Waals surface area contributed by atoms with Crippen molar-refractivity contribution in [2.75, 3.05) is 7.11 Å². The monoisotopic (exact) mass is 225 g/mol. The second-order valence-electron chi connectivity index (χ2n) is 4.37. The van der Waals surface area contributed by atoms with Crippen molar-refractivity contribution in [3.05, 3.63) is 18.3 Å². The van der Waals surface area contributed by atoms with Crippen molar-refractivity contribution in [1.82, 2.24) is 4.57 Å². The molecule has 0 aliphatic heterocycles. The van der Waals surface area contributed by atoms with Gasteiger partial charge in [0.05, 0.1) is 5.59 Å². The first-order chi connectivity index (χ1) is 7.35. The summed E-state index contributed by atoms with van der Waals surface area (Å²) in [5.74, 6) is 0. The van der Waals surface area contributed by atoms with Crippen LogP contribution >= 0.6 is 0 Å². The number of carbonyl (C=O) groups excluding carboxylic acids is 1. The summed E-state index contributed by atoms with van der Waals surface area (Å²) < 4.78 is 11.1. The molecule has 0 bridgehead atoms. The van der Waals surface area contributed by atoms with Crippen molar-refractivity contribution < 1.29 is 19.2 Å². The molecule has 0 aliphatic carbocycles. The quantitative estimate of drug-likeness (QED) is 0.749. The Morgan fingerprint density at radius 3 is 2.62 bits per heavy atom. The molecule has 0 aromatic carbocycles. The van der Waals surface area contributed by atoms with Gasteiger partial charge in [-0.1, -0.05) is 0 Å². The standard InChI is InChI=1S/C10H16BNO4/c1-10(2,3)16-9(13)12-7-5-6-8(12)11(14)15-4/h5-7,14H,1-4H3. The van der Waals surface area contributed by atoms with Crippen molar-refractivity contribution in [2.45, 2.75) is 26.4 Å². The van der Waals surface area contributed by atoms with E-state index in [2.05, 4.69) is 0 Å². The number of hydrogen-bond acceptors (Lipinski definition) is 4. The minimum atomic E-state index is -1.14. The van der Waals surface area contributed by atoms with Crippen molar-refractivity contribution in [3.63, 3.8) is 0 Å². The van der Waals surface area contributed by atoms with Crippen LogP contribution < -0.4 is 5.59 Å². The smallest absolute Gasteiger partial charge is 0.443 e. The van der Waals surface area contributed by atoms with Crippen LogP contribution in [0.15, 0.2) is 18.3 Å². The van der Waals surface area contributed by atoms with E-state index in [4.69, 9.17) is 9.39 Å². The molecule has 0 radical (unpaired) electrons. The average Bonchev–Trinajstić information content (AvgIpc) is 2.62. The van der Waals surface area contributed by atoms with Gasteiger partial charge in [-0.05, 0) is 32.9 Å². The molecule has 0 aliphatic rings. The fourth-order valence-electron chi connectivity index (χ4n) is 1.19. The van der Waals surface area contributed by atoms with Gasteiger partial charge in [-0.15, -0.1) is 0 Å². The maximum atomic E-state index is 11.7. The van der Waals surface area contributed by atoms with E-state index in [1.165, 1.54) is 17.9 Å². The Labute approximate surface area is 95.1 Å². The fourth-order valence-corrected chi connectivity index (χ4v) is 1.19. The SMILES string of the molecule is COB(O)c1cccn1C(=O)OC(C)(C)C. The van der Waals surface area contributed by atoms with Crippen LogP contribution in [0.3, 0.4) is 0 Å². The van der Waals surface area contributed by atoms with Gasteiger partial charge in [0, 0.05) is 13.3 Å². The highest BCUT2D eigenvalue weighted by Crippen LogP contribution is 2.08. The molecule has 1 aromatic heterocycles. The van der Waals surface area contributed by atoms with Crippen molar-refractivity contribution >= 4 is 18.8 Å². The molecule has 88 valence electrons. The first kappa shape index (κ1) is 12.8. The molecule has 0 saturated carbocycles. The van der Waals surface area contributed by atoms with Crippen molar-refractivity contribution in [1.29, 1.82) is 0 Å². The highest BCUT2D eigenvalue weighted by molar-refractivity contribution is 6.59. The second kappa shape index (κ2) is 4.72. The van der Waals surface area contributed by atoms with Gasteiger partial charge >= 0.3 is 13.2 Å². The molecule has 0 spiro atoms. The van der Waals surface area contributed by atoms with Gasteiger partial charge in [0.1, 0.15) is 5.60 Å². The Morgan fingerprint density at radius 2 is 2.12 bits per heavy atom. The molecule has 1 heterocycles. The predicted octanol–water partition coefficient (Wildman–Crippen LogP) is 0.605. The number of carbonyl (C=O) groups is 1. The number of aromatic nitrogens is 1. The van der Waals surface area contributed by atoms with Gasteiger partial charge in [-0.2, -0.15) is 0 Å². The summed E-state index contributed by atoms with van der Waals surface area (Å²) in [7, 11) is 0.222. The van der Waals surface area contributed by atoms with Crippen LogP contribution in [0.1, 0.15) is 20.8 Å². The molecular formula is C10H16BNO4. The van der Waals surface area contributed by atoms with E-state index in [-0.39, 0.29) is 0 Å². The summed E-state index contributed by atoms with van der Waals surface area (Å²) in [6.45, 7) is 5.34. The van der Waals surface area contributed by atoms with Crippen molar-refractivity contribution in [2.24, 2.45) is 0 Å². The molecule has 1 N–H and O–H groups in total. The van der Waals surface area contributed by atoms with Crippen LogP contribution in [0.2, 0.25) is 0 Å². The Balaban J connectivity index is 2.88. The molecule has 0 unspecified atom stereocenters. The summed E-state index contributed by atoms with van der Waals surface area (Å²) >= 11 is 0. The fraction of sp³-hybridized carbons (Fsp3) is 0.500. The maximum absolute atomic E-state index is 11.7. The maximum Gasteiger partial charge on any atom is 0.509 e. The van der Waals surface area contributed by atoms with Crippen LogP contribution in [0, 0.1) is 0 Å². The van der Waals surface area contributed by atoms with Gasteiger partial charge in [0.15, 0.2) is 0 Å². The summed E-state index contributed by atoms with van der Waals surface area (Å²) in [6.07, 6.45) is 0.981. The largest absolute Gasteiger partial charge is 0.509 e. The molecule has 1 rings (SSSR count). The number of rotatable bonds is 2. The summed E-state index contributed by atoms with van der Waals surface area (Å²) in [5, 5.41) is 9.50. The van der Waals surface area contributed by atoms with Crippen molar-refractivity contribution in [3.8, 4) is 0 Å². The third-order valence-corrected chi connectivity index (χ3v) is 1.85. The summed E-state index contributed by atoms with van der Waals surface area (Å²) in [5.41, 5.74) is -0.229. The van der Waals surface area contributed by atoms with Gasteiger partial charge in [-0.25, -0.2) is 4.79 Å². The third kappa shape index (κ3) is 3.11. The predicted molar refractivity (Wildman–Crippen MR) is 60.7 cm³/mol. The van der Waals surface area contributed by atoms with Crippen LogP contribution in [0.4, 0.5) is 4.79 Å². The first-order valence-corrected chi connectivity index (χ1v) is 4.96. The topological polar surface area (TPSA) is 60.7 Å². The Bertz CT molecular complexity index is 369. The minimum absolute atomic E-state index is 0.344. The highest BCUT2D eigenvalue weighted by Gasteiger charge is 2.25. The van der Waals surface area contributed by atoms with Crippen LogP contribution in [-0.4, -0.2) is 35.5 Å². The minimum Gasteiger partial charge on any atom is -0.443 e. The number of ether oxygens (including phenoxy) is 1. The molecule has 5 nitrogen and oxygen atoms in total. The zero-order chi connectivity index (χ0) is 12.3. The normalized spacial score (nSPS) is 11.3. The van der Waals surface area contributed by atoms with E-state index < -0.39 is 18.8 Å². The van der Waals surface area contributed by atoms with Gasteiger partial charge in [0.2, 0.25) is 0 Å². The molecule has 0 atom stereocenters. The summed E-state index contributed by atoms with van der Waals surface area (Å²) in [6, 6.07) is 3.24. The Morgan fingerprint density at radius 1 is 1.50 bits per heavy atom. The van der Waals surface area contributed by atoms with E-state index in [0.717, 1.165) is 0 Å². The highest BCUT2D eigenvalue weighted by atomic mass is 16.6. The molecule has 1 aromatic rings. The lowest BCUT2D eigenvalue weighted by molar-refractivity contribution is 0.0540. The van der Waals surface area contributed by atoms with E-state index >= 15 is 0 Å². The summed E-state index contributed by atoms with van der Waals surface area (Å²) in [4.78, 5) is 11.7. The molecule has 0 amide bonds. The lowest BCUT2D eigenvalue weighted by Gasteiger charge is -2.20. The molecular weight excluding hydrogens is 209 g/mol. The molecule has 0 saturated heterocycles. The van der Waals surface area contributed by atoms with E-state index in [9.17, 15) is 9.82 Å². The zero-order valence-corrected chi connectivity index (χ0v) is 9.93. The van der Waals surface area contributed by atoms with E-state index in [1.807, 2.05) is 0 Å². The van der Waals surface area contributed by atoms with Gasteiger partial charge in [0.25, 0.3) is 0 Å². The average molecular weight is 225 g/mol. The first-order valence-electron chi connectivity index (χ1n) is 4.96. The number of nitrogens with zero attached hydrogens (tertiary/aromatic N) is 1. The zero-order valence-electron chi connectivity index (χ0n) is 9.93. The lowest BCUT2D eigenvalue weighted by Crippen LogP contribution is -2.41. The Hall–Kier alpha value is -1.27. The van der Waals surface area contributed by atoms with Crippen LogP contribution in [-0.2, 0) is 9.39 Å². The molecule has 16 heavy (non-hydrogen) atoms. The van der Waals surface area contributed by atoms with Gasteiger partial charge in [-0.3, -0.25) is 4.57 Å². The molecule has 6 heteroatoms. The van der Waals surface area contributed by atoms with Crippen LogP contribution in [0.5, 0.6) is 0 Å². The van der Waals surface area contributed by atoms with E-state index in [0.29, 0.717) is 5.59 Å². The molecule has 0 fully saturated rings.